The van der Waals surface area contributed by atoms with Crippen molar-refractivity contribution < 1.29 is 9.53 Å². The molecule has 2 unspecified atom stereocenters. The highest BCUT2D eigenvalue weighted by atomic mass is 16.5. The van der Waals surface area contributed by atoms with Crippen LogP contribution >= 0.6 is 0 Å². The minimum absolute atomic E-state index is 0.0683. The van der Waals surface area contributed by atoms with E-state index in [0.29, 0.717) is 0 Å². The molecule has 2 aromatic rings. The van der Waals surface area contributed by atoms with Crippen LogP contribution in [0, 0.1) is 5.92 Å². The smallest absolute Gasteiger partial charge is 0.223 e. The molecule has 2 aliphatic rings. The fourth-order valence-corrected chi connectivity index (χ4v) is 3.69. The summed E-state index contributed by atoms with van der Waals surface area (Å²) in [6.07, 6.45) is 5.58. The summed E-state index contributed by atoms with van der Waals surface area (Å²) in [6.45, 7) is 4.51. The van der Waals surface area contributed by atoms with E-state index in [1.165, 1.54) is 0 Å². The van der Waals surface area contributed by atoms with Gasteiger partial charge in [-0.2, -0.15) is 4.52 Å². The average Bonchev–Trinajstić information content (AvgIpc) is 3.32. The molecule has 0 aromatic carbocycles. The third-order valence-corrected chi connectivity index (χ3v) is 5.23. The maximum Gasteiger partial charge on any atom is 0.223 e. The number of aromatic nitrogens is 4. The molecule has 2 saturated heterocycles. The number of carbonyl (C=O) groups is 1. The van der Waals surface area contributed by atoms with Crippen molar-refractivity contribution in [2.45, 2.75) is 44.8 Å². The van der Waals surface area contributed by atoms with Gasteiger partial charge in [-0.3, -0.25) is 4.79 Å². The molecule has 4 rings (SSSR count). The molecule has 8 nitrogen and oxygen atoms in total. The van der Waals surface area contributed by atoms with Gasteiger partial charge in [0, 0.05) is 25.6 Å². The first-order valence-electron chi connectivity index (χ1n) is 9.05. The van der Waals surface area contributed by atoms with Gasteiger partial charge in [0.25, 0.3) is 0 Å². The third-order valence-electron chi connectivity index (χ3n) is 5.23. The molecule has 0 saturated carbocycles. The van der Waals surface area contributed by atoms with Gasteiger partial charge in [0.1, 0.15) is 12.1 Å². The first kappa shape index (κ1) is 16.3. The maximum absolute atomic E-state index is 12.5. The lowest BCUT2D eigenvalue weighted by Crippen LogP contribution is -2.46. The number of rotatable bonds is 4. The minimum atomic E-state index is 0.0683. The minimum Gasteiger partial charge on any atom is -0.376 e. The van der Waals surface area contributed by atoms with Crippen molar-refractivity contribution >= 4 is 17.4 Å². The van der Waals surface area contributed by atoms with E-state index in [-0.39, 0.29) is 24.0 Å². The van der Waals surface area contributed by atoms with Crippen LogP contribution in [0.25, 0.3) is 5.65 Å². The predicted molar refractivity (Wildman–Crippen MR) is 92.3 cm³/mol. The Balaban J connectivity index is 1.32. The van der Waals surface area contributed by atoms with Gasteiger partial charge in [0.2, 0.25) is 5.91 Å². The molecule has 0 bridgehead atoms. The van der Waals surface area contributed by atoms with Crippen LogP contribution in [-0.2, 0) is 9.53 Å². The zero-order valence-corrected chi connectivity index (χ0v) is 14.5. The number of fused-ring (bicyclic) bond motifs is 1. The van der Waals surface area contributed by atoms with Gasteiger partial charge >= 0.3 is 0 Å². The molecular weight excluding hydrogens is 320 g/mol. The summed E-state index contributed by atoms with van der Waals surface area (Å²) in [5.74, 6) is 1.13. The zero-order valence-electron chi connectivity index (χ0n) is 14.5. The quantitative estimate of drug-likeness (QED) is 0.892. The topological polar surface area (TPSA) is 84.7 Å². The van der Waals surface area contributed by atoms with Crippen molar-refractivity contribution in [2.24, 2.45) is 5.92 Å². The van der Waals surface area contributed by atoms with E-state index in [2.05, 4.69) is 25.5 Å². The lowest BCUT2D eigenvalue weighted by molar-refractivity contribution is -0.127. The van der Waals surface area contributed by atoms with Crippen molar-refractivity contribution in [1.29, 1.82) is 0 Å². The highest BCUT2D eigenvalue weighted by Gasteiger charge is 2.29. The summed E-state index contributed by atoms with van der Waals surface area (Å²) in [7, 11) is 0. The Kier molecular flexibility index (Phi) is 4.52. The van der Waals surface area contributed by atoms with Crippen LogP contribution in [0.2, 0.25) is 0 Å². The lowest BCUT2D eigenvalue weighted by atomic mass is 9.95. The Labute approximate surface area is 146 Å². The average molecular weight is 344 g/mol. The molecule has 8 heteroatoms. The molecule has 0 spiro atoms. The van der Waals surface area contributed by atoms with Crippen molar-refractivity contribution in [1.82, 2.24) is 25.1 Å². The standard InChI is InChI=1S/C17H24N6O2/c1-12(14-3-2-10-25-14)19-17(24)13-6-8-22(9-7-13)16-5-4-15-20-18-11-23(15)21-16/h4-5,11-14H,2-3,6-10H2,1H3,(H,19,24). The van der Waals surface area contributed by atoms with Gasteiger partial charge in [0.15, 0.2) is 5.65 Å². The van der Waals surface area contributed by atoms with E-state index in [1.807, 2.05) is 19.1 Å². The number of anilines is 1. The Morgan fingerprint density at radius 3 is 2.92 bits per heavy atom. The number of piperidine rings is 1. The van der Waals surface area contributed by atoms with Crippen LogP contribution in [0.5, 0.6) is 0 Å². The molecule has 1 amide bonds. The fourth-order valence-electron chi connectivity index (χ4n) is 3.69. The van der Waals surface area contributed by atoms with Crippen LogP contribution in [0.3, 0.4) is 0 Å². The molecule has 0 aliphatic carbocycles. The van der Waals surface area contributed by atoms with Gasteiger partial charge in [0.05, 0.1) is 12.1 Å². The Bertz CT molecular complexity index is 734. The normalized spacial score (nSPS) is 23.1. The Morgan fingerprint density at radius 2 is 2.16 bits per heavy atom. The van der Waals surface area contributed by atoms with E-state index in [0.717, 1.165) is 56.8 Å². The van der Waals surface area contributed by atoms with Crippen molar-refractivity contribution in [3.8, 4) is 0 Å². The molecule has 2 aromatic heterocycles. The summed E-state index contributed by atoms with van der Waals surface area (Å²) in [5, 5.41) is 15.5. The van der Waals surface area contributed by atoms with E-state index in [4.69, 9.17) is 4.74 Å². The molecule has 2 fully saturated rings. The maximum atomic E-state index is 12.5. The van der Waals surface area contributed by atoms with E-state index in [9.17, 15) is 4.79 Å². The highest BCUT2D eigenvalue weighted by Crippen LogP contribution is 2.23. The second-order valence-corrected chi connectivity index (χ2v) is 6.94. The number of hydrogen-bond donors (Lipinski definition) is 1. The van der Waals surface area contributed by atoms with Crippen LogP contribution in [0.1, 0.15) is 32.6 Å². The summed E-state index contributed by atoms with van der Waals surface area (Å²) in [5.41, 5.74) is 0.737. The second kappa shape index (κ2) is 6.95. The molecular formula is C17H24N6O2. The SMILES string of the molecule is CC(NC(=O)C1CCN(c2ccc3nncn3n2)CC1)C1CCCO1. The second-order valence-electron chi connectivity index (χ2n) is 6.94. The van der Waals surface area contributed by atoms with Gasteiger partial charge in [-0.05, 0) is 44.7 Å². The largest absolute Gasteiger partial charge is 0.376 e. The van der Waals surface area contributed by atoms with Crippen molar-refractivity contribution in [2.75, 3.05) is 24.6 Å². The number of nitrogens with zero attached hydrogens (tertiary/aromatic N) is 5. The number of carbonyl (C=O) groups excluding carboxylic acids is 1. The van der Waals surface area contributed by atoms with E-state index < -0.39 is 0 Å². The summed E-state index contributed by atoms with van der Waals surface area (Å²) in [4.78, 5) is 14.7. The van der Waals surface area contributed by atoms with Gasteiger partial charge < -0.3 is 15.0 Å². The highest BCUT2D eigenvalue weighted by molar-refractivity contribution is 5.79. The summed E-state index contributed by atoms with van der Waals surface area (Å²) in [6, 6.07) is 3.97. The molecule has 134 valence electrons. The molecule has 2 atom stereocenters. The van der Waals surface area contributed by atoms with Gasteiger partial charge in [-0.15, -0.1) is 15.3 Å². The van der Waals surface area contributed by atoms with Crippen LogP contribution in [-0.4, -0.2) is 57.6 Å². The third kappa shape index (κ3) is 3.44. The molecule has 0 radical (unpaired) electrons. The first-order valence-corrected chi connectivity index (χ1v) is 9.05. The van der Waals surface area contributed by atoms with Crippen LogP contribution in [0.4, 0.5) is 5.82 Å². The summed E-state index contributed by atoms with van der Waals surface area (Å²) < 4.78 is 7.34. The van der Waals surface area contributed by atoms with Gasteiger partial charge in [-0.1, -0.05) is 0 Å². The van der Waals surface area contributed by atoms with Crippen molar-refractivity contribution in [3.63, 3.8) is 0 Å². The molecule has 4 heterocycles. The first-order chi connectivity index (χ1) is 12.2. The fraction of sp³-hybridized carbons (Fsp3) is 0.647. The molecule has 2 aliphatic heterocycles. The summed E-state index contributed by atoms with van der Waals surface area (Å²) >= 11 is 0. The van der Waals surface area contributed by atoms with Crippen LogP contribution in [0.15, 0.2) is 18.5 Å². The number of ether oxygens (including phenoxy) is 1. The number of hydrogen-bond acceptors (Lipinski definition) is 6. The number of nitrogens with one attached hydrogen (secondary N) is 1. The van der Waals surface area contributed by atoms with Gasteiger partial charge in [-0.25, -0.2) is 0 Å². The number of amides is 1. The van der Waals surface area contributed by atoms with Crippen LogP contribution < -0.4 is 10.2 Å². The van der Waals surface area contributed by atoms with E-state index in [1.54, 1.807) is 10.8 Å². The predicted octanol–water partition coefficient (Wildman–Crippen LogP) is 1.02. The molecule has 1 N–H and O–H groups in total. The monoisotopic (exact) mass is 344 g/mol. The van der Waals surface area contributed by atoms with E-state index >= 15 is 0 Å². The molecule has 25 heavy (non-hydrogen) atoms. The van der Waals surface area contributed by atoms with Crippen molar-refractivity contribution in [3.05, 3.63) is 18.5 Å². The Morgan fingerprint density at radius 1 is 1.32 bits per heavy atom. The lowest BCUT2D eigenvalue weighted by Gasteiger charge is -2.33. The zero-order chi connectivity index (χ0) is 17.2. The Hall–Kier alpha value is -2.22.